The number of esters is 1. The van der Waals surface area contributed by atoms with E-state index in [2.05, 4.69) is 20.9 Å². The summed E-state index contributed by atoms with van der Waals surface area (Å²) in [5.41, 5.74) is 0. The smallest absolute Gasteiger partial charge is 0.351 e. The molecular weight excluding hydrogens is 258 g/mol. The monoisotopic (exact) mass is 265 g/mol. The van der Waals surface area contributed by atoms with E-state index in [0.717, 1.165) is 11.3 Å². The Hall–Kier alpha value is -0.620. The maximum absolute atomic E-state index is 11.3. The molecular formula is C7H8BrNO3S. The van der Waals surface area contributed by atoms with E-state index < -0.39 is 0 Å². The highest BCUT2D eigenvalue weighted by Gasteiger charge is 2.17. The second kappa shape index (κ2) is 4.57. The Balaban J connectivity index is 2.87. The summed E-state index contributed by atoms with van der Waals surface area (Å²) in [5, 5.41) is 0.440. The molecule has 1 aromatic heterocycles. The lowest BCUT2D eigenvalue weighted by Crippen LogP contribution is -2.02. The summed E-state index contributed by atoms with van der Waals surface area (Å²) in [6.45, 7) is 2.11. The lowest BCUT2D eigenvalue weighted by atomic mass is 10.6. The number of carbonyl (C=O) groups excluding carboxylic acids is 1. The van der Waals surface area contributed by atoms with Crippen LogP contribution in [0.1, 0.15) is 16.6 Å². The number of aromatic nitrogens is 1. The molecule has 0 amide bonds. The van der Waals surface area contributed by atoms with E-state index in [1.54, 1.807) is 6.92 Å². The predicted molar refractivity (Wildman–Crippen MR) is 52.3 cm³/mol. The van der Waals surface area contributed by atoms with Crippen molar-refractivity contribution in [2.24, 2.45) is 0 Å². The molecule has 0 atom stereocenters. The summed E-state index contributed by atoms with van der Waals surface area (Å²) in [7, 11) is 1.50. The zero-order chi connectivity index (χ0) is 9.84. The maximum Gasteiger partial charge on any atom is 0.351 e. The van der Waals surface area contributed by atoms with E-state index in [1.807, 2.05) is 0 Å². The summed E-state index contributed by atoms with van der Waals surface area (Å²) >= 11 is 4.30. The number of carbonyl (C=O) groups is 1. The SMILES string of the molecule is CCOC(=O)c1sc(OC)nc1Br. The van der Waals surface area contributed by atoms with Crippen LogP contribution in [0.25, 0.3) is 0 Å². The normalized spacial score (nSPS) is 9.77. The average Bonchev–Trinajstić information content (AvgIpc) is 2.47. The van der Waals surface area contributed by atoms with Crippen LogP contribution in [-0.2, 0) is 4.74 Å². The minimum Gasteiger partial charge on any atom is -0.473 e. The van der Waals surface area contributed by atoms with Crippen LogP contribution in [0.5, 0.6) is 5.19 Å². The molecule has 1 rings (SSSR count). The van der Waals surface area contributed by atoms with Gasteiger partial charge in [0.2, 0.25) is 0 Å². The first-order chi connectivity index (χ1) is 6.19. The van der Waals surface area contributed by atoms with Gasteiger partial charge in [0, 0.05) is 0 Å². The standard InChI is InChI=1S/C7H8BrNO3S/c1-3-12-6(10)4-5(8)9-7(11-2)13-4/h3H2,1-2H3. The molecule has 0 aliphatic heterocycles. The van der Waals surface area contributed by atoms with Crippen LogP contribution in [-0.4, -0.2) is 24.7 Å². The summed E-state index contributed by atoms with van der Waals surface area (Å²) < 4.78 is 10.2. The second-order valence-corrected chi connectivity index (χ2v) is 3.74. The van der Waals surface area contributed by atoms with Crippen molar-refractivity contribution in [3.63, 3.8) is 0 Å². The fourth-order valence-electron chi connectivity index (χ4n) is 0.693. The van der Waals surface area contributed by atoms with Gasteiger partial charge in [-0.1, -0.05) is 11.3 Å². The number of methoxy groups -OCH3 is 1. The van der Waals surface area contributed by atoms with Gasteiger partial charge in [0.25, 0.3) is 5.19 Å². The van der Waals surface area contributed by atoms with Crippen LogP contribution in [0.2, 0.25) is 0 Å². The first-order valence-electron chi connectivity index (χ1n) is 3.56. The van der Waals surface area contributed by atoms with Gasteiger partial charge in [-0.25, -0.2) is 4.79 Å². The first-order valence-corrected chi connectivity index (χ1v) is 5.17. The van der Waals surface area contributed by atoms with Crippen molar-refractivity contribution in [1.82, 2.24) is 4.98 Å². The third-order valence-electron chi connectivity index (χ3n) is 1.20. The zero-order valence-electron chi connectivity index (χ0n) is 7.17. The van der Waals surface area contributed by atoms with E-state index >= 15 is 0 Å². The lowest BCUT2D eigenvalue weighted by Gasteiger charge is -1.96. The van der Waals surface area contributed by atoms with E-state index in [1.165, 1.54) is 7.11 Å². The number of thiazole rings is 1. The molecule has 0 unspecified atom stereocenters. The van der Waals surface area contributed by atoms with Gasteiger partial charge in [0.15, 0.2) is 4.88 Å². The number of nitrogens with zero attached hydrogens (tertiary/aromatic N) is 1. The van der Waals surface area contributed by atoms with Gasteiger partial charge in [0.05, 0.1) is 13.7 Å². The summed E-state index contributed by atoms with van der Waals surface area (Å²) in [4.78, 5) is 15.6. The zero-order valence-corrected chi connectivity index (χ0v) is 9.57. The molecule has 0 aromatic carbocycles. The summed E-state index contributed by atoms with van der Waals surface area (Å²) in [6.07, 6.45) is 0. The van der Waals surface area contributed by atoms with Crippen LogP contribution in [0.3, 0.4) is 0 Å². The van der Waals surface area contributed by atoms with Gasteiger partial charge in [-0.15, -0.1) is 0 Å². The van der Waals surface area contributed by atoms with E-state index in [4.69, 9.17) is 9.47 Å². The molecule has 6 heteroatoms. The molecule has 0 aliphatic rings. The van der Waals surface area contributed by atoms with Gasteiger partial charge in [-0.3, -0.25) is 0 Å². The molecule has 0 bridgehead atoms. The predicted octanol–water partition coefficient (Wildman–Crippen LogP) is 2.09. The number of rotatable bonds is 3. The van der Waals surface area contributed by atoms with Crippen molar-refractivity contribution in [3.05, 3.63) is 9.48 Å². The van der Waals surface area contributed by atoms with Crippen molar-refractivity contribution < 1.29 is 14.3 Å². The van der Waals surface area contributed by atoms with Gasteiger partial charge in [-0.2, -0.15) is 4.98 Å². The molecule has 13 heavy (non-hydrogen) atoms. The molecule has 0 spiro atoms. The van der Waals surface area contributed by atoms with Crippen molar-refractivity contribution in [2.45, 2.75) is 6.92 Å². The number of hydrogen-bond acceptors (Lipinski definition) is 5. The highest BCUT2D eigenvalue weighted by Crippen LogP contribution is 2.29. The van der Waals surface area contributed by atoms with Gasteiger partial charge in [0.1, 0.15) is 4.60 Å². The van der Waals surface area contributed by atoms with Crippen molar-refractivity contribution in [3.8, 4) is 5.19 Å². The van der Waals surface area contributed by atoms with E-state index in [9.17, 15) is 4.79 Å². The second-order valence-electron chi connectivity index (χ2n) is 2.02. The summed E-state index contributed by atoms with van der Waals surface area (Å²) in [6, 6.07) is 0. The fourth-order valence-corrected chi connectivity index (χ4v) is 2.04. The summed E-state index contributed by atoms with van der Waals surface area (Å²) in [5.74, 6) is -0.379. The van der Waals surface area contributed by atoms with Crippen LogP contribution < -0.4 is 4.74 Å². The first kappa shape index (κ1) is 10.5. The Labute approximate surface area is 88.0 Å². The molecule has 0 saturated heterocycles. The molecule has 4 nitrogen and oxygen atoms in total. The highest BCUT2D eigenvalue weighted by atomic mass is 79.9. The van der Waals surface area contributed by atoms with Crippen LogP contribution in [0, 0.1) is 0 Å². The number of hydrogen-bond donors (Lipinski definition) is 0. The molecule has 0 fully saturated rings. The maximum atomic E-state index is 11.3. The quantitative estimate of drug-likeness (QED) is 0.786. The van der Waals surface area contributed by atoms with Crippen LogP contribution >= 0.6 is 27.3 Å². The Morgan fingerprint density at radius 3 is 2.85 bits per heavy atom. The average molecular weight is 266 g/mol. The van der Waals surface area contributed by atoms with Gasteiger partial charge < -0.3 is 9.47 Å². The third kappa shape index (κ3) is 2.41. The molecule has 0 saturated carbocycles. The lowest BCUT2D eigenvalue weighted by molar-refractivity contribution is 0.0531. The third-order valence-corrected chi connectivity index (χ3v) is 3.03. The minimum atomic E-state index is -0.379. The highest BCUT2D eigenvalue weighted by molar-refractivity contribution is 9.10. The van der Waals surface area contributed by atoms with Crippen molar-refractivity contribution in [1.29, 1.82) is 0 Å². The van der Waals surface area contributed by atoms with Crippen molar-refractivity contribution >= 4 is 33.2 Å². The number of ether oxygens (including phenoxy) is 2. The topological polar surface area (TPSA) is 48.4 Å². The molecule has 0 radical (unpaired) electrons. The van der Waals surface area contributed by atoms with Crippen LogP contribution in [0.15, 0.2) is 4.60 Å². The van der Waals surface area contributed by atoms with Crippen molar-refractivity contribution in [2.75, 3.05) is 13.7 Å². The molecule has 72 valence electrons. The van der Waals surface area contributed by atoms with E-state index in [0.29, 0.717) is 21.3 Å². The minimum absolute atomic E-state index is 0.353. The largest absolute Gasteiger partial charge is 0.473 e. The Morgan fingerprint density at radius 2 is 2.38 bits per heavy atom. The van der Waals surface area contributed by atoms with E-state index in [-0.39, 0.29) is 5.97 Å². The fraction of sp³-hybridized carbons (Fsp3) is 0.429. The Morgan fingerprint density at radius 1 is 1.69 bits per heavy atom. The molecule has 1 heterocycles. The van der Waals surface area contributed by atoms with Gasteiger partial charge >= 0.3 is 5.97 Å². The Kier molecular flexibility index (Phi) is 3.68. The molecule has 1 aromatic rings. The molecule has 0 N–H and O–H groups in total. The molecule has 0 aliphatic carbocycles. The number of halogens is 1. The van der Waals surface area contributed by atoms with Gasteiger partial charge in [-0.05, 0) is 22.9 Å². The Bertz CT molecular complexity index is 313. The van der Waals surface area contributed by atoms with Crippen LogP contribution in [0.4, 0.5) is 0 Å².